The predicted octanol–water partition coefficient (Wildman–Crippen LogP) is 5.33. The molecule has 0 spiro atoms. The van der Waals surface area contributed by atoms with Crippen LogP contribution < -0.4 is 10.1 Å². The van der Waals surface area contributed by atoms with Crippen LogP contribution in [0.3, 0.4) is 0 Å². The number of benzene rings is 2. The van der Waals surface area contributed by atoms with Gasteiger partial charge >= 0.3 is 0 Å². The monoisotopic (exact) mass is 403 g/mol. The van der Waals surface area contributed by atoms with Crippen LogP contribution in [0.1, 0.15) is 47.2 Å². The van der Waals surface area contributed by atoms with E-state index in [1.165, 1.54) is 11.1 Å². The summed E-state index contributed by atoms with van der Waals surface area (Å²) in [6, 6.07) is 10.2. The van der Waals surface area contributed by atoms with Gasteiger partial charge in [0.15, 0.2) is 6.61 Å². The van der Waals surface area contributed by atoms with Crippen LogP contribution in [0.2, 0.25) is 0 Å². The number of hydrogen-bond acceptors (Lipinski definition) is 2. The highest BCUT2D eigenvalue weighted by Crippen LogP contribution is 2.26. The highest BCUT2D eigenvalue weighted by atomic mass is 79.9. The highest BCUT2D eigenvalue weighted by Gasteiger charge is 2.15. The zero-order valence-electron chi connectivity index (χ0n) is 15.6. The smallest absolute Gasteiger partial charge is 0.258 e. The Morgan fingerprint density at radius 3 is 2.28 bits per heavy atom. The Labute approximate surface area is 158 Å². The molecule has 0 saturated carbocycles. The summed E-state index contributed by atoms with van der Waals surface area (Å²) < 4.78 is 6.76. The van der Waals surface area contributed by atoms with Gasteiger partial charge in [-0.2, -0.15) is 0 Å². The fraction of sp³-hybridized carbons (Fsp3) is 0.381. The summed E-state index contributed by atoms with van der Waals surface area (Å²) in [5.41, 5.74) is 5.78. The van der Waals surface area contributed by atoms with Crippen LogP contribution in [-0.4, -0.2) is 12.5 Å². The maximum absolute atomic E-state index is 12.3. The lowest BCUT2D eigenvalue weighted by atomic mass is 9.97. The van der Waals surface area contributed by atoms with Crippen LogP contribution in [-0.2, 0) is 4.79 Å². The summed E-state index contributed by atoms with van der Waals surface area (Å²) in [6.07, 6.45) is 0.839. The quantitative estimate of drug-likeness (QED) is 0.707. The molecule has 134 valence electrons. The molecule has 0 radical (unpaired) electrons. The van der Waals surface area contributed by atoms with Crippen molar-refractivity contribution < 1.29 is 9.53 Å². The van der Waals surface area contributed by atoms with E-state index in [1.54, 1.807) is 0 Å². The molecule has 4 heteroatoms. The fourth-order valence-corrected chi connectivity index (χ4v) is 3.22. The second kappa shape index (κ2) is 8.52. The predicted molar refractivity (Wildman–Crippen MR) is 106 cm³/mol. The zero-order chi connectivity index (χ0) is 18.6. The average Bonchev–Trinajstić information content (AvgIpc) is 2.56. The Kier molecular flexibility index (Phi) is 6.65. The van der Waals surface area contributed by atoms with Gasteiger partial charge in [-0.25, -0.2) is 0 Å². The minimum atomic E-state index is -0.106. The molecule has 0 heterocycles. The molecule has 2 aromatic rings. The van der Waals surface area contributed by atoms with Gasteiger partial charge in [-0.15, -0.1) is 0 Å². The topological polar surface area (TPSA) is 38.3 Å². The maximum Gasteiger partial charge on any atom is 0.258 e. The van der Waals surface area contributed by atoms with Crippen LogP contribution >= 0.6 is 15.9 Å². The molecular formula is C21H26BrNO2. The van der Waals surface area contributed by atoms with Gasteiger partial charge in [0, 0.05) is 4.47 Å². The molecule has 1 N–H and O–H groups in total. The van der Waals surface area contributed by atoms with E-state index in [2.05, 4.69) is 60.2 Å². The number of halogens is 1. The van der Waals surface area contributed by atoms with E-state index < -0.39 is 0 Å². The number of aryl methyl sites for hydroxylation is 4. The van der Waals surface area contributed by atoms with Crippen molar-refractivity contribution in [3.8, 4) is 5.75 Å². The molecular weight excluding hydrogens is 378 g/mol. The molecule has 1 atom stereocenters. The normalized spacial score (nSPS) is 11.9. The molecule has 0 bridgehead atoms. The number of carbonyl (C=O) groups is 1. The van der Waals surface area contributed by atoms with Crippen molar-refractivity contribution in [3.63, 3.8) is 0 Å². The lowest BCUT2D eigenvalue weighted by molar-refractivity contribution is -0.123. The van der Waals surface area contributed by atoms with E-state index in [-0.39, 0.29) is 18.6 Å². The highest BCUT2D eigenvalue weighted by molar-refractivity contribution is 9.10. The Morgan fingerprint density at radius 2 is 1.72 bits per heavy atom. The van der Waals surface area contributed by atoms with Gasteiger partial charge in [-0.3, -0.25) is 4.79 Å². The summed E-state index contributed by atoms with van der Waals surface area (Å²) >= 11 is 3.54. The first-order valence-corrected chi connectivity index (χ1v) is 9.37. The summed E-state index contributed by atoms with van der Waals surface area (Å²) in [4.78, 5) is 12.3. The Bertz CT molecular complexity index is 747. The van der Waals surface area contributed by atoms with Gasteiger partial charge in [-0.05, 0) is 68.5 Å². The van der Waals surface area contributed by atoms with Crippen molar-refractivity contribution in [1.29, 1.82) is 0 Å². The Hall–Kier alpha value is -1.81. The largest absolute Gasteiger partial charge is 0.484 e. The van der Waals surface area contributed by atoms with Crippen LogP contribution in [0.5, 0.6) is 5.75 Å². The van der Waals surface area contributed by atoms with E-state index in [4.69, 9.17) is 4.74 Å². The lowest BCUT2D eigenvalue weighted by Crippen LogP contribution is -2.32. The standard InChI is InChI=1S/C21H26BrNO2/c1-6-19(18-8-7-13(2)9-14(18)3)23-20(24)12-25-17-10-15(4)21(22)16(5)11-17/h7-11,19H,6,12H2,1-5H3,(H,23,24)/t19-/m0/s1. The fourth-order valence-electron chi connectivity index (χ4n) is 2.99. The average molecular weight is 404 g/mol. The van der Waals surface area contributed by atoms with Gasteiger partial charge in [0.25, 0.3) is 5.91 Å². The number of carbonyl (C=O) groups excluding carboxylic acids is 1. The van der Waals surface area contributed by atoms with E-state index in [0.717, 1.165) is 27.6 Å². The van der Waals surface area contributed by atoms with Gasteiger partial charge in [0.1, 0.15) is 5.75 Å². The first-order valence-electron chi connectivity index (χ1n) is 8.57. The third-order valence-electron chi connectivity index (χ3n) is 4.32. The third kappa shape index (κ3) is 5.08. The first kappa shape index (κ1) is 19.5. The third-order valence-corrected chi connectivity index (χ3v) is 5.57. The second-order valence-electron chi connectivity index (χ2n) is 6.55. The molecule has 2 rings (SSSR count). The molecule has 2 aromatic carbocycles. The van der Waals surface area contributed by atoms with E-state index in [0.29, 0.717) is 5.75 Å². The van der Waals surface area contributed by atoms with Crippen molar-refractivity contribution in [3.05, 3.63) is 62.6 Å². The van der Waals surface area contributed by atoms with Crippen molar-refractivity contribution in [2.45, 2.75) is 47.1 Å². The first-order chi connectivity index (χ1) is 11.8. The summed E-state index contributed by atoms with van der Waals surface area (Å²) in [7, 11) is 0. The number of amides is 1. The molecule has 0 unspecified atom stereocenters. The molecule has 0 fully saturated rings. The van der Waals surface area contributed by atoms with Gasteiger partial charge in [-0.1, -0.05) is 46.6 Å². The van der Waals surface area contributed by atoms with E-state index >= 15 is 0 Å². The van der Waals surface area contributed by atoms with Gasteiger partial charge in [0.2, 0.25) is 0 Å². The van der Waals surface area contributed by atoms with Crippen LogP contribution in [0.15, 0.2) is 34.8 Å². The number of rotatable bonds is 6. The summed E-state index contributed by atoms with van der Waals surface area (Å²) in [5, 5.41) is 3.08. The summed E-state index contributed by atoms with van der Waals surface area (Å²) in [5.74, 6) is 0.609. The van der Waals surface area contributed by atoms with Crippen LogP contribution in [0.4, 0.5) is 0 Å². The molecule has 0 aliphatic heterocycles. The molecule has 0 aliphatic carbocycles. The van der Waals surface area contributed by atoms with E-state index in [1.807, 2.05) is 26.0 Å². The Morgan fingerprint density at radius 1 is 1.08 bits per heavy atom. The zero-order valence-corrected chi connectivity index (χ0v) is 17.2. The molecule has 25 heavy (non-hydrogen) atoms. The van der Waals surface area contributed by atoms with Crippen molar-refractivity contribution in [2.75, 3.05) is 6.61 Å². The van der Waals surface area contributed by atoms with Crippen molar-refractivity contribution in [1.82, 2.24) is 5.32 Å². The number of nitrogens with one attached hydrogen (secondary N) is 1. The van der Waals surface area contributed by atoms with Gasteiger partial charge in [0.05, 0.1) is 6.04 Å². The van der Waals surface area contributed by atoms with E-state index in [9.17, 15) is 4.79 Å². The minimum Gasteiger partial charge on any atom is -0.484 e. The van der Waals surface area contributed by atoms with Crippen LogP contribution in [0, 0.1) is 27.7 Å². The number of hydrogen-bond donors (Lipinski definition) is 1. The number of ether oxygens (including phenoxy) is 1. The van der Waals surface area contributed by atoms with Crippen molar-refractivity contribution >= 4 is 21.8 Å². The van der Waals surface area contributed by atoms with Crippen molar-refractivity contribution in [2.24, 2.45) is 0 Å². The molecule has 0 aliphatic rings. The van der Waals surface area contributed by atoms with Gasteiger partial charge < -0.3 is 10.1 Å². The molecule has 0 saturated heterocycles. The SMILES string of the molecule is CC[C@H](NC(=O)COc1cc(C)c(Br)c(C)c1)c1ccc(C)cc1C. The molecule has 0 aromatic heterocycles. The molecule has 1 amide bonds. The Balaban J connectivity index is 2.01. The lowest BCUT2D eigenvalue weighted by Gasteiger charge is -2.20. The second-order valence-corrected chi connectivity index (χ2v) is 7.34. The maximum atomic E-state index is 12.3. The summed E-state index contributed by atoms with van der Waals surface area (Å²) in [6.45, 7) is 10.3. The molecule has 3 nitrogen and oxygen atoms in total. The van der Waals surface area contributed by atoms with Crippen LogP contribution in [0.25, 0.3) is 0 Å². The minimum absolute atomic E-state index is 0.00471.